The number of aliphatic carboxylic acids is 1. The van der Waals surface area contributed by atoms with E-state index in [2.05, 4.69) is 5.32 Å². The van der Waals surface area contributed by atoms with Gasteiger partial charge in [-0.15, -0.1) is 0 Å². The number of nitrogens with one attached hydrogen (secondary N) is 1. The number of fused-ring (bicyclic) bond motifs is 3. The normalized spacial score (nSPS) is 11.3. The maximum absolute atomic E-state index is 12.4. The fourth-order valence-electron chi connectivity index (χ4n) is 3.37. The van der Waals surface area contributed by atoms with Crippen molar-refractivity contribution in [3.8, 4) is 0 Å². The maximum atomic E-state index is 12.4. The number of carbonyl (C=O) groups excluding carboxylic acids is 1. The molecule has 2 aromatic heterocycles. The van der Waals surface area contributed by atoms with Gasteiger partial charge in [-0.3, -0.25) is 9.59 Å². The van der Waals surface area contributed by atoms with Gasteiger partial charge in [-0.1, -0.05) is 0 Å². The highest BCUT2D eigenvalue weighted by Crippen LogP contribution is 2.35. The summed E-state index contributed by atoms with van der Waals surface area (Å²) in [6.07, 6.45) is -0.361. The maximum Gasteiger partial charge on any atom is 0.340 e. The van der Waals surface area contributed by atoms with Gasteiger partial charge in [0.1, 0.15) is 16.9 Å². The number of furan rings is 1. The number of carboxylic acid groups (broad SMARTS) is 1. The summed E-state index contributed by atoms with van der Waals surface area (Å²) in [4.78, 5) is 35.1. The standard InChI is InChI=1S/C20H21NO6/c1-9-7-14-18(19-17(9)10(2)12(4)26-19)11(3)13(20(25)27-14)8-15(22)21-6-5-16(23)24/h7H,5-6,8H2,1-4H3,(H,21,22)(H,23,24). The minimum absolute atomic E-state index is 0.00609. The van der Waals surface area contributed by atoms with E-state index in [9.17, 15) is 14.4 Å². The first-order valence-corrected chi connectivity index (χ1v) is 8.64. The predicted octanol–water partition coefficient (Wildman–Crippen LogP) is 2.91. The Labute approximate surface area is 155 Å². The van der Waals surface area contributed by atoms with Crippen LogP contribution in [0.25, 0.3) is 21.9 Å². The fraction of sp³-hybridized carbons (Fsp3) is 0.350. The van der Waals surface area contributed by atoms with Crippen LogP contribution in [0.5, 0.6) is 0 Å². The van der Waals surface area contributed by atoms with Crippen molar-refractivity contribution in [3.05, 3.63) is 44.5 Å². The molecule has 142 valence electrons. The summed E-state index contributed by atoms with van der Waals surface area (Å²) in [7, 11) is 0. The van der Waals surface area contributed by atoms with Crippen molar-refractivity contribution in [2.75, 3.05) is 6.54 Å². The highest BCUT2D eigenvalue weighted by Gasteiger charge is 2.21. The Kier molecular flexibility index (Phi) is 4.78. The Hall–Kier alpha value is -3.09. The lowest BCUT2D eigenvalue weighted by Gasteiger charge is -2.10. The van der Waals surface area contributed by atoms with Crippen LogP contribution in [0.3, 0.4) is 0 Å². The zero-order chi connectivity index (χ0) is 19.9. The van der Waals surface area contributed by atoms with Gasteiger partial charge >= 0.3 is 11.6 Å². The van der Waals surface area contributed by atoms with E-state index in [4.69, 9.17) is 13.9 Å². The van der Waals surface area contributed by atoms with Crippen molar-refractivity contribution in [1.82, 2.24) is 5.32 Å². The van der Waals surface area contributed by atoms with Gasteiger partial charge < -0.3 is 19.3 Å². The number of benzene rings is 1. The molecule has 0 aliphatic rings. The highest BCUT2D eigenvalue weighted by atomic mass is 16.4. The smallest absolute Gasteiger partial charge is 0.340 e. The predicted molar refractivity (Wildman–Crippen MR) is 100 cm³/mol. The Morgan fingerprint density at radius 3 is 2.44 bits per heavy atom. The van der Waals surface area contributed by atoms with Crippen LogP contribution in [-0.2, 0) is 16.0 Å². The Morgan fingerprint density at radius 1 is 1.07 bits per heavy atom. The Balaban J connectivity index is 2.10. The largest absolute Gasteiger partial charge is 0.481 e. The number of hydrogen-bond acceptors (Lipinski definition) is 5. The van der Waals surface area contributed by atoms with E-state index < -0.39 is 17.5 Å². The molecule has 3 rings (SSSR count). The molecule has 0 radical (unpaired) electrons. The van der Waals surface area contributed by atoms with Crippen molar-refractivity contribution in [3.63, 3.8) is 0 Å². The third kappa shape index (κ3) is 3.32. The lowest BCUT2D eigenvalue weighted by atomic mass is 9.98. The summed E-state index contributed by atoms with van der Waals surface area (Å²) in [6.45, 7) is 7.56. The summed E-state index contributed by atoms with van der Waals surface area (Å²) >= 11 is 0. The molecule has 27 heavy (non-hydrogen) atoms. The molecule has 0 saturated carbocycles. The molecule has 3 aromatic rings. The van der Waals surface area contributed by atoms with E-state index in [1.807, 2.05) is 26.8 Å². The van der Waals surface area contributed by atoms with Crippen molar-refractivity contribution < 1.29 is 23.5 Å². The van der Waals surface area contributed by atoms with Crippen LogP contribution in [0.15, 0.2) is 19.7 Å². The number of hydrogen-bond donors (Lipinski definition) is 2. The van der Waals surface area contributed by atoms with Gasteiger partial charge in [0.2, 0.25) is 5.91 Å². The Morgan fingerprint density at radius 2 is 1.78 bits per heavy atom. The monoisotopic (exact) mass is 371 g/mol. The van der Waals surface area contributed by atoms with Gasteiger partial charge in [0.25, 0.3) is 0 Å². The second kappa shape index (κ2) is 6.90. The molecule has 1 amide bonds. The van der Waals surface area contributed by atoms with Crippen LogP contribution in [0, 0.1) is 27.7 Å². The molecule has 2 heterocycles. The van der Waals surface area contributed by atoms with E-state index in [1.165, 1.54) is 0 Å². The molecule has 0 unspecified atom stereocenters. The van der Waals surface area contributed by atoms with Crippen LogP contribution < -0.4 is 10.9 Å². The van der Waals surface area contributed by atoms with Crippen LogP contribution in [-0.4, -0.2) is 23.5 Å². The van der Waals surface area contributed by atoms with E-state index in [0.717, 1.165) is 22.3 Å². The first-order chi connectivity index (χ1) is 12.7. The summed E-state index contributed by atoms with van der Waals surface area (Å²) in [5.74, 6) is -0.640. The molecule has 7 nitrogen and oxygen atoms in total. The summed E-state index contributed by atoms with van der Waals surface area (Å²) < 4.78 is 11.4. The number of rotatable bonds is 5. The van der Waals surface area contributed by atoms with Crippen LogP contribution in [0.1, 0.15) is 34.4 Å². The van der Waals surface area contributed by atoms with E-state index in [1.54, 1.807) is 6.92 Å². The Bertz CT molecular complexity index is 1140. The lowest BCUT2D eigenvalue weighted by molar-refractivity contribution is -0.136. The molecule has 0 spiro atoms. The van der Waals surface area contributed by atoms with E-state index in [0.29, 0.717) is 22.1 Å². The van der Waals surface area contributed by atoms with Crippen LogP contribution >= 0.6 is 0 Å². The number of carboxylic acids is 1. The average molecular weight is 371 g/mol. The fourth-order valence-corrected chi connectivity index (χ4v) is 3.37. The molecule has 0 aliphatic heterocycles. The molecule has 0 atom stereocenters. The van der Waals surface area contributed by atoms with Gasteiger partial charge in [-0.2, -0.15) is 0 Å². The molecule has 1 aromatic carbocycles. The third-order valence-electron chi connectivity index (χ3n) is 4.88. The number of amides is 1. The molecular weight excluding hydrogens is 350 g/mol. The summed E-state index contributed by atoms with van der Waals surface area (Å²) in [5, 5.41) is 12.8. The summed E-state index contributed by atoms with van der Waals surface area (Å²) in [5.41, 5.74) is 3.35. The van der Waals surface area contributed by atoms with E-state index in [-0.39, 0.29) is 24.9 Å². The van der Waals surface area contributed by atoms with Gasteiger partial charge in [0.05, 0.1) is 23.8 Å². The molecule has 7 heteroatoms. The van der Waals surface area contributed by atoms with Gasteiger partial charge in [-0.25, -0.2) is 4.79 Å². The number of aryl methyl sites for hydroxylation is 4. The first kappa shape index (κ1) is 18.7. The van der Waals surface area contributed by atoms with Crippen molar-refractivity contribution in [1.29, 1.82) is 0 Å². The second-order valence-corrected chi connectivity index (χ2v) is 6.72. The molecule has 0 fully saturated rings. The minimum Gasteiger partial charge on any atom is -0.481 e. The molecule has 0 saturated heterocycles. The van der Waals surface area contributed by atoms with Crippen molar-refractivity contribution >= 4 is 33.8 Å². The third-order valence-corrected chi connectivity index (χ3v) is 4.88. The van der Waals surface area contributed by atoms with Crippen LogP contribution in [0.4, 0.5) is 0 Å². The van der Waals surface area contributed by atoms with E-state index >= 15 is 0 Å². The van der Waals surface area contributed by atoms with Gasteiger partial charge in [0.15, 0.2) is 0 Å². The first-order valence-electron chi connectivity index (χ1n) is 8.64. The lowest BCUT2D eigenvalue weighted by Crippen LogP contribution is -2.29. The molecule has 0 bridgehead atoms. The zero-order valence-electron chi connectivity index (χ0n) is 15.7. The van der Waals surface area contributed by atoms with Crippen LogP contribution in [0.2, 0.25) is 0 Å². The molecule has 2 N–H and O–H groups in total. The average Bonchev–Trinajstić information content (AvgIpc) is 2.86. The second-order valence-electron chi connectivity index (χ2n) is 6.72. The van der Waals surface area contributed by atoms with Crippen molar-refractivity contribution in [2.24, 2.45) is 0 Å². The van der Waals surface area contributed by atoms with Crippen molar-refractivity contribution in [2.45, 2.75) is 40.5 Å². The topological polar surface area (TPSA) is 110 Å². The molecule has 0 aliphatic carbocycles. The quantitative estimate of drug-likeness (QED) is 0.667. The minimum atomic E-state index is -1.00. The number of carbonyl (C=O) groups is 2. The van der Waals surface area contributed by atoms with Gasteiger partial charge in [0, 0.05) is 11.9 Å². The van der Waals surface area contributed by atoms with Gasteiger partial charge in [-0.05, 0) is 50.5 Å². The molecular formula is C20H21NO6. The SMILES string of the molecule is Cc1oc2c(c(C)cc3oc(=O)c(CC(=O)NCCC(=O)O)c(C)c32)c1C. The highest BCUT2D eigenvalue weighted by molar-refractivity contribution is 6.07. The summed E-state index contributed by atoms with van der Waals surface area (Å²) in [6, 6.07) is 1.81. The zero-order valence-corrected chi connectivity index (χ0v) is 15.7.